The second kappa shape index (κ2) is 8.45. The summed E-state index contributed by atoms with van der Waals surface area (Å²) in [6.07, 6.45) is 3.15. The number of nitrogens with zero attached hydrogens (tertiary/aromatic N) is 1. The van der Waals surface area contributed by atoms with Gasteiger partial charge in [0.1, 0.15) is 5.75 Å². The molecule has 0 spiro atoms. The van der Waals surface area contributed by atoms with Gasteiger partial charge in [0.25, 0.3) is 5.91 Å². The number of anilines is 1. The summed E-state index contributed by atoms with van der Waals surface area (Å²) in [6, 6.07) is 21.6. The lowest BCUT2D eigenvalue weighted by Gasteiger charge is -2.07. The fourth-order valence-corrected chi connectivity index (χ4v) is 2.99. The summed E-state index contributed by atoms with van der Waals surface area (Å²) in [5, 5.41) is 2.86. The van der Waals surface area contributed by atoms with Crippen LogP contribution in [-0.2, 0) is 0 Å². The normalized spacial score (nSPS) is 11.0. The predicted octanol–water partition coefficient (Wildman–Crippen LogP) is 4.72. The van der Waals surface area contributed by atoms with E-state index < -0.39 is 0 Å². The van der Waals surface area contributed by atoms with Gasteiger partial charge in [0.2, 0.25) is 5.78 Å². The number of para-hydroxylation sites is 2. The van der Waals surface area contributed by atoms with Gasteiger partial charge in [-0.25, -0.2) is 4.98 Å². The van der Waals surface area contributed by atoms with E-state index in [0.29, 0.717) is 17.0 Å². The Kier molecular flexibility index (Phi) is 5.39. The van der Waals surface area contributed by atoms with Crippen molar-refractivity contribution in [2.24, 2.45) is 0 Å². The highest BCUT2D eigenvalue weighted by Gasteiger charge is 2.09. The number of imidazole rings is 1. The van der Waals surface area contributed by atoms with Crippen LogP contribution in [0.3, 0.4) is 0 Å². The quantitative estimate of drug-likeness (QED) is 0.364. The molecule has 6 heteroatoms. The third kappa shape index (κ3) is 4.28. The van der Waals surface area contributed by atoms with E-state index in [0.717, 1.165) is 16.6 Å². The average molecular weight is 397 g/mol. The topological polar surface area (TPSA) is 84.1 Å². The van der Waals surface area contributed by atoms with E-state index in [9.17, 15) is 9.59 Å². The van der Waals surface area contributed by atoms with E-state index in [1.54, 1.807) is 49.6 Å². The Hall–Kier alpha value is -4.19. The lowest BCUT2D eigenvalue weighted by Crippen LogP contribution is -2.11. The Morgan fingerprint density at radius 3 is 2.57 bits per heavy atom. The number of aromatic nitrogens is 2. The predicted molar refractivity (Wildman–Crippen MR) is 117 cm³/mol. The second-order valence-electron chi connectivity index (χ2n) is 6.61. The monoisotopic (exact) mass is 397 g/mol. The van der Waals surface area contributed by atoms with Crippen molar-refractivity contribution < 1.29 is 14.3 Å². The molecule has 0 aliphatic carbocycles. The molecule has 1 aromatic heterocycles. The molecule has 0 atom stereocenters. The lowest BCUT2D eigenvalue weighted by molar-refractivity contribution is 0.102. The maximum atomic E-state index is 12.4. The molecule has 0 saturated heterocycles. The number of carbonyl (C=O) groups excluding carboxylic acids is 2. The van der Waals surface area contributed by atoms with Crippen LogP contribution in [0.5, 0.6) is 5.75 Å². The Bertz CT molecular complexity index is 1210. The molecule has 3 aromatic carbocycles. The van der Waals surface area contributed by atoms with Gasteiger partial charge < -0.3 is 15.0 Å². The van der Waals surface area contributed by atoms with E-state index in [1.165, 1.54) is 6.08 Å². The first-order valence-corrected chi connectivity index (χ1v) is 9.35. The first-order valence-electron chi connectivity index (χ1n) is 9.35. The fourth-order valence-electron chi connectivity index (χ4n) is 2.99. The van der Waals surface area contributed by atoms with Crippen molar-refractivity contribution in [3.63, 3.8) is 0 Å². The Morgan fingerprint density at radius 1 is 1.00 bits per heavy atom. The van der Waals surface area contributed by atoms with Crippen LogP contribution in [0.25, 0.3) is 17.1 Å². The van der Waals surface area contributed by atoms with Gasteiger partial charge >= 0.3 is 0 Å². The number of allylic oxidation sites excluding steroid dienone is 1. The number of hydrogen-bond acceptors (Lipinski definition) is 4. The number of amides is 1. The standard InChI is InChI=1S/C24H19N3O3/c1-30-19-12-10-17(11-13-19)24(29)25-18-6-4-5-16(15-18)9-14-22(28)23-26-20-7-2-3-8-21(20)27-23/h2-15H,1H3,(H,25,29)(H,26,27)/b14-9+. The number of carbonyl (C=O) groups is 2. The largest absolute Gasteiger partial charge is 0.497 e. The van der Waals surface area contributed by atoms with E-state index in [4.69, 9.17) is 4.74 Å². The van der Waals surface area contributed by atoms with Crippen molar-refractivity contribution in [2.45, 2.75) is 0 Å². The summed E-state index contributed by atoms with van der Waals surface area (Å²) in [5.74, 6) is 0.528. The molecule has 1 amide bonds. The van der Waals surface area contributed by atoms with Crippen molar-refractivity contribution >= 4 is 34.5 Å². The first-order chi connectivity index (χ1) is 14.6. The van der Waals surface area contributed by atoms with Crippen LogP contribution in [0.2, 0.25) is 0 Å². The molecule has 4 rings (SSSR count). The molecule has 0 saturated carbocycles. The zero-order chi connectivity index (χ0) is 20.9. The highest BCUT2D eigenvalue weighted by molar-refractivity contribution is 6.06. The summed E-state index contributed by atoms with van der Waals surface area (Å²) in [5.41, 5.74) is 3.51. The van der Waals surface area contributed by atoms with Crippen LogP contribution in [0.15, 0.2) is 78.9 Å². The van der Waals surface area contributed by atoms with Crippen LogP contribution in [-0.4, -0.2) is 28.8 Å². The molecule has 0 aliphatic heterocycles. The fraction of sp³-hybridized carbons (Fsp3) is 0.0417. The number of ketones is 1. The number of methoxy groups -OCH3 is 1. The summed E-state index contributed by atoms with van der Waals surface area (Å²) >= 11 is 0. The molecule has 6 nitrogen and oxygen atoms in total. The molecule has 0 fully saturated rings. The van der Waals surface area contributed by atoms with Crippen LogP contribution >= 0.6 is 0 Å². The molecule has 4 aromatic rings. The number of fused-ring (bicyclic) bond motifs is 1. The number of benzene rings is 3. The summed E-state index contributed by atoms with van der Waals surface area (Å²) in [7, 11) is 1.58. The lowest BCUT2D eigenvalue weighted by atomic mass is 10.1. The van der Waals surface area contributed by atoms with E-state index >= 15 is 0 Å². The van der Waals surface area contributed by atoms with Crippen molar-refractivity contribution in [3.8, 4) is 5.75 Å². The smallest absolute Gasteiger partial charge is 0.255 e. The molecule has 2 N–H and O–H groups in total. The van der Waals surface area contributed by atoms with Crippen molar-refractivity contribution in [1.29, 1.82) is 0 Å². The Morgan fingerprint density at radius 2 is 1.80 bits per heavy atom. The zero-order valence-electron chi connectivity index (χ0n) is 16.3. The minimum Gasteiger partial charge on any atom is -0.497 e. The summed E-state index contributed by atoms with van der Waals surface area (Å²) < 4.78 is 5.10. The van der Waals surface area contributed by atoms with Crippen molar-refractivity contribution in [1.82, 2.24) is 9.97 Å². The molecular weight excluding hydrogens is 378 g/mol. The third-order valence-electron chi connectivity index (χ3n) is 4.55. The van der Waals surface area contributed by atoms with Gasteiger partial charge in [0.15, 0.2) is 5.82 Å². The Balaban J connectivity index is 1.45. The maximum Gasteiger partial charge on any atom is 0.255 e. The van der Waals surface area contributed by atoms with Gasteiger partial charge in [-0.1, -0.05) is 30.3 Å². The highest BCUT2D eigenvalue weighted by atomic mass is 16.5. The van der Waals surface area contributed by atoms with Gasteiger partial charge in [0, 0.05) is 11.3 Å². The SMILES string of the molecule is COc1ccc(C(=O)Nc2cccc(/C=C/C(=O)c3nc4ccccc4[nH]3)c2)cc1. The van der Waals surface area contributed by atoms with Gasteiger partial charge in [0.05, 0.1) is 18.1 Å². The maximum absolute atomic E-state index is 12.4. The van der Waals surface area contributed by atoms with Crippen LogP contribution in [0, 0.1) is 0 Å². The van der Waals surface area contributed by atoms with Gasteiger partial charge in [-0.15, -0.1) is 0 Å². The third-order valence-corrected chi connectivity index (χ3v) is 4.55. The van der Waals surface area contributed by atoms with Crippen molar-refractivity contribution in [3.05, 3.63) is 95.8 Å². The first kappa shape index (κ1) is 19.1. The van der Waals surface area contributed by atoms with Crippen LogP contribution in [0.4, 0.5) is 5.69 Å². The van der Waals surface area contributed by atoms with E-state index in [-0.39, 0.29) is 17.5 Å². The van der Waals surface area contributed by atoms with E-state index in [2.05, 4.69) is 15.3 Å². The zero-order valence-corrected chi connectivity index (χ0v) is 16.3. The Labute approximate surface area is 173 Å². The summed E-state index contributed by atoms with van der Waals surface area (Å²) in [6.45, 7) is 0. The second-order valence-corrected chi connectivity index (χ2v) is 6.61. The molecule has 30 heavy (non-hydrogen) atoms. The number of aromatic amines is 1. The highest BCUT2D eigenvalue weighted by Crippen LogP contribution is 2.16. The molecule has 0 unspecified atom stereocenters. The molecule has 148 valence electrons. The molecule has 0 radical (unpaired) electrons. The minimum absolute atomic E-state index is 0.223. The number of ether oxygens (including phenoxy) is 1. The van der Waals surface area contributed by atoms with Gasteiger partial charge in [-0.2, -0.15) is 0 Å². The molecular formula is C24H19N3O3. The number of nitrogens with one attached hydrogen (secondary N) is 2. The number of H-pyrrole nitrogens is 1. The molecule has 1 heterocycles. The number of rotatable bonds is 6. The van der Waals surface area contributed by atoms with E-state index in [1.807, 2.05) is 36.4 Å². The molecule has 0 bridgehead atoms. The minimum atomic E-state index is -0.225. The van der Waals surface area contributed by atoms with Crippen LogP contribution in [0.1, 0.15) is 26.5 Å². The summed E-state index contributed by atoms with van der Waals surface area (Å²) in [4.78, 5) is 32.2. The van der Waals surface area contributed by atoms with Gasteiger partial charge in [-0.3, -0.25) is 9.59 Å². The van der Waals surface area contributed by atoms with Crippen LogP contribution < -0.4 is 10.1 Å². The van der Waals surface area contributed by atoms with Crippen molar-refractivity contribution in [2.75, 3.05) is 12.4 Å². The average Bonchev–Trinajstić information content (AvgIpc) is 3.22. The van der Waals surface area contributed by atoms with Gasteiger partial charge in [-0.05, 0) is 60.2 Å². The number of hydrogen-bond donors (Lipinski definition) is 2. The molecule has 0 aliphatic rings.